The molecular formula is C12H17NO2. The van der Waals surface area contributed by atoms with Crippen LogP contribution in [0.4, 0.5) is 0 Å². The van der Waals surface area contributed by atoms with Crippen LogP contribution < -0.4 is 4.74 Å². The van der Waals surface area contributed by atoms with Gasteiger partial charge in [-0.2, -0.15) is 0 Å². The largest absolute Gasteiger partial charge is 0.497 e. The fourth-order valence-corrected chi connectivity index (χ4v) is 1.45. The Kier molecular flexibility index (Phi) is 4.16. The van der Waals surface area contributed by atoms with Crippen molar-refractivity contribution in [2.75, 3.05) is 20.2 Å². The summed E-state index contributed by atoms with van der Waals surface area (Å²) in [7, 11) is 1.60. The van der Waals surface area contributed by atoms with E-state index in [2.05, 4.69) is 0 Å². The molecular weight excluding hydrogens is 190 g/mol. The molecule has 0 aliphatic rings. The van der Waals surface area contributed by atoms with E-state index < -0.39 is 0 Å². The molecule has 0 aliphatic heterocycles. The lowest BCUT2D eigenvalue weighted by atomic mass is 10.2. The molecule has 0 radical (unpaired) electrons. The number of methoxy groups -OCH3 is 1. The van der Waals surface area contributed by atoms with Crippen molar-refractivity contribution in [1.29, 1.82) is 0 Å². The second-order valence-electron chi connectivity index (χ2n) is 3.21. The first-order valence-electron chi connectivity index (χ1n) is 5.16. The second-order valence-corrected chi connectivity index (χ2v) is 3.21. The fraction of sp³-hybridized carbons (Fsp3) is 0.417. The number of carbonyl (C=O) groups is 1. The normalized spacial score (nSPS) is 9.80. The van der Waals surface area contributed by atoms with Gasteiger partial charge in [0.1, 0.15) is 5.75 Å². The number of nitrogens with zero attached hydrogens (tertiary/aromatic N) is 1. The minimum Gasteiger partial charge on any atom is -0.497 e. The van der Waals surface area contributed by atoms with Gasteiger partial charge in [-0.1, -0.05) is 6.07 Å². The monoisotopic (exact) mass is 207 g/mol. The molecule has 0 unspecified atom stereocenters. The molecule has 0 spiro atoms. The Labute approximate surface area is 90.7 Å². The zero-order valence-corrected chi connectivity index (χ0v) is 9.49. The van der Waals surface area contributed by atoms with Gasteiger partial charge < -0.3 is 9.64 Å². The molecule has 3 heteroatoms. The number of hydrogen-bond acceptors (Lipinski definition) is 2. The lowest BCUT2D eigenvalue weighted by Crippen LogP contribution is -2.30. The van der Waals surface area contributed by atoms with Crippen molar-refractivity contribution < 1.29 is 9.53 Å². The summed E-state index contributed by atoms with van der Waals surface area (Å²) < 4.78 is 5.08. The molecule has 0 fully saturated rings. The Hall–Kier alpha value is -1.51. The molecule has 82 valence electrons. The minimum atomic E-state index is 0.0545. The maximum Gasteiger partial charge on any atom is 0.253 e. The first-order valence-corrected chi connectivity index (χ1v) is 5.16. The van der Waals surface area contributed by atoms with Gasteiger partial charge in [0.2, 0.25) is 0 Å². The Balaban J connectivity index is 2.90. The van der Waals surface area contributed by atoms with Crippen molar-refractivity contribution in [2.45, 2.75) is 13.8 Å². The summed E-state index contributed by atoms with van der Waals surface area (Å²) in [5, 5.41) is 0. The predicted molar refractivity (Wildman–Crippen MR) is 60.2 cm³/mol. The molecule has 0 bridgehead atoms. The molecule has 0 aliphatic carbocycles. The molecule has 0 saturated heterocycles. The standard InChI is InChI=1S/C12H17NO2/c1-4-13(5-2)12(14)10-7-6-8-11(9-10)15-3/h6-9H,4-5H2,1-3H3. The molecule has 3 nitrogen and oxygen atoms in total. The van der Waals surface area contributed by atoms with E-state index in [4.69, 9.17) is 4.74 Å². The van der Waals surface area contributed by atoms with Gasteiger partial charge in [0.15, 0.2) is 0 Å². The highest BCUT2D eigenvalue weighted by Gasteiger charge is 2.12. The minimum absolute atomic E-state index is 0.0545. The average Bonchev–Trinajstić information content (AvgIpc) is 2.30. The maximum absolute atomic E-state index is 11.9. The molecule has 15 heavy (non-hydrogen) atoms. The number of hydrogen-bond donors (Lipinski definition) is 0. The highest BCUT2D eigenvalue weighted by Crippen LogP contribution is 2.14. The smallest absolute Gasteiger partial charge is 0.253 e. The van der Waals surface area contributed by atoms with E-state index in [0.29, 0.717) is 11.3 Å². The number of rotatable bonds is 4. The Bertz CT molecular complexity index is 332. The van der Waals surface area contributed by atoms with Gasteiger partial charge in [0, 0.05) is 18.7 Å². The fourth-order valence-electron chi connectivity index (χ4n) is 1.45. The highest BCUT2D eigenvalue weighted by molar-refractivity contribution is 5.94. The number of carbonyl (C=O) groups excluding carboxylic acids is 1. The first kappa shape index (κ1) is 11.6. The van der Waals surface area contributed by atoms with E-state index in [1.54, 1.807) is 18.1 Å². The molecule has 0 heterocycles. The Morgan fingerprint density at radius 1 is 1.33 bits per heavy atom. The molecule has 0 N–H and O–H groups in total. The third-order valence-electron chi connectivity index (χ3n) is 2.37. The number of ether oxygens (including phenoxy) is 1. The van der Waals surface area contributed by atoms with Crippen LogP contribution in [0, 0.1) is 0 Å². The van der Waals surface area contributed by atoms with Crippen LogP contribution in [-0.4, -0.2) is 31.0 Å². The summed E-state index contributed by atoms with van der Waals surface area (Å²) in [6.07, 6.45) is 0. The van der Waals surface area contributed by atoms with E-state index in [9.17, 15) is 4.79 Å². The maximum atomic E-state index is 11.9. The summed E-state index contributed by atoms with van der Waals surface area (Å²) in [4.78, 5) is 13.7. The molecule has 1 amide bonds. The van der Waals surface area contributed by atoms with Crippen molar-refractivity contribution in [3.8, 4) is 5.75 Å². The molecule has 0 atom stereocenters. The van der Waals surface area contributed by atoms with Gasteiger partial charge in [-0.25, -0.2) is 0 Å². The van der Waals surface area contributed by atoms with Gasteiger partial charge in [0.05, 0.1) is 7.11 Å². The van der Waals surface area contributed by atoms with Crippen LogP contribution in [0.15, 0.2) is 24.3 Å². The topological polar surface area (TPSA) is 29.5 Å². The van der Waals surface area contributed by atoms with E-state index >= 15 is 0 Å². The van der Waals surface area contributed by atoms with Gasteiger partial charge in [-0.05, 0) is 32.0 Å². The molecule has 1 aromatic rings. The summed E-state index contributed by atoms with van der Waals surface area (Å²) in [6, 6.07) is 7.23. The van der Waals surface area contributed by atoms with Crippen LogP contribution in [-0.2, 0) is 0 Å². The van der Waals surface area contributed by atoms with Crippen molar-refractivity contribution in [1.82, 2.24) is 4.90 Å². The van der Waals surface area contributed by atoms with E-state index in [0.717, 1.165) is 13.1 Å². The lowest BCUT2D eigenvalue weighted by molar-refractivity contribution is 0.0772. The zero-order chi connectivity index (χ0) is 11.3. The third-order valence-corrected chi connectivity index (χ3v) is 2.37. The van der Waals surface area contributed by atoms with E-state index in [1.807, 2.05) is 32.0 Å². The van der Waals surface area contributed by atoms with Crippen LogP contribution in [0.25, 0.3) is 0 Å². The van der Waals surface area contributed by atoms with Crippen LogP contribution in [0.2, 0.25) is 0 Å². The first-order chi connectivity index (χ1) is 7.22. The van der Waals surface area contributed by atoms with Crippen LogP contribution in [0.5, 0.6) is 5.75 Å². The highest BCUT2D eigenvalue weighted by atomic mass is 16.5. The Morgan fingerprint density at radius 2 is 2.00 bits per heavy atom. The summed E-state index contributed by atoms with van der Waals surface area (Å²) in [6.45, 7) is 5.40. The summed E-state index contributed by atoms with van der Waals surface area (Å²) >= 11 is 0. The summed E-state index contributed by atoms with van der Waals surface area (Å²) in [5.41, 5.74) is 0.679. The predicted octanol–water partition coefficient (Wildman–Crippen LogP) is 2.18. The lowest BCUT2D eigenvalue weighted by Gasteiger charge is -2.18. The Morgan fingerprint density at radius 3 is 2.53 bits per heavy atom. The van der Waals surface area contributed by atoms with Gasteiger partial charge in [-0.15, -0.1) is 0 Å². The van der Waals surface area contributed by atoms with E-state index in [1.165, 1.54) is 0 Å². The van der Waals surface area contributed by atoms with E-state index in [-0.39, 0.29) is 5.91 Å². The average molecular weight is 207 g/mol. The van der Waals surface area contributed by atoms with Crippen molar-refractivity contribution in [3.05, 3.63) is 29.8 Å². The van der Waals surface area contributed by atoms with Crippen molar-refractivity contribution in [2.24, 2.45) is 0 Å². The molecule has 1 aromatic carbocycles. The van der Waals surface area contributed by atoms with Crippen molar-refractivity contribution in [3.63, 3.8) is 0 Å². The van der Waals surface area contributed by atoms with Gasteiger partial charge >= 0.3 is 0 Å². The third kappa shape index (κ3) is 2.72. The molecule has 0 aromatic heterocycles. The van der Waals surface area contributed by atoms with Crippen LogP contribution >= 0.6 is 0 Å². The van der Waals surface area contributed by atoms with Crippen LogP contribution in [0.1, 0.15) is 24.2 Å². The SMILES string of the molecule is CCN(CC)C(=O)c1cccc(OC)c1. The van der Waals surface area contributed by atoms with Crippen LogP contribution in [0.3, 0.4) is 0 Å². The zero-order valence-electron chi connectivity index (χ0n) is 9.49. The molecule has 0 saturated carbocycles. The van der Waals surface area contributed by atoms with Gasteiger partial charge in [0.25, 0.3) is 5.91 Å². The van der Waals surface area contributed by atoms with Crippen molar-refractivity contribution >= 4 is 5.91 Å². The number of benzene rings is 1. The number of amides is 1. The summed E-state index contributed by atoms with van der Waals surface area (Å²) in [5.74, 6) is 0.770. The quantitative estimate of drug-likeness (QED) is 0.757. The molecule has 1 rings (SSSR count). The second kappa shape index (κ2) is 5.39. The van der Waals surface area contributed by atoms with Gasteiger partial charge in [-0.3, -0.25) is 4.79 Å².